The van der Waals surface area contributed by atoms with Crippen LogP contribution in [0.5, 0.6) is 0 Å². The van der Waals surface area contributed by atoms with Crippen LogP contribution in [0.4, 0.5) is 0 Å². The molecule has 8 heteroatoms. The lowest BCUT2D eigenvalue weighted by molar-refractivity contribution is -0.137. The largest absolute Gasteiger partial charge is 0.465 e. The molecule has 1 aromatic heterocycles. The van der Waals surface area contributed by atoms with Crippen LogP contribution in [0.1, 0.15) is 6.42 Å². The second kappa shape index (κ2) is 6.95. The van der Waals surface area contributed by atoms with E-state index in [0.717, 1.165) is 5.56 Å². The number of benzene rings is 1. The van der Waals surface area contributed by atoms with Crippen LogP contribution in [0.3, 0.4) is 0 Å². The fraction of sp³-hybridized carbons (Fsp3) is 0.267. The zero-order valence-corrected chi connectivity index (χ0v) is 14.4. The van der Waals surface area contributed by atoms with Crippen LogP contribution in [-0.4, -0.2) is 32.6 Å². The summed E-state index contributed by atoms with van der Waals surface area (Å²) in [6.45, 7) is 4.72. The van der Waals surface area contributed by atoms with Crippen LogP contribution < -0.4 is 0 Å². The summed E-state index contributed by atoms with van der Waals surface area (Å²) >= 11 is 13.6. The lowest BCUT2D eigenvalue weighted by atomic mass is 10.2. The second-order valence-electron chi connectivity index (χ2n) is 4.89. The Morgan fingerprint density at radius 2 is 2.26 bits per heavy atom. The molecule has 2 heterocycles. The van der Waals surface area contributed by atoms with Gasteiger partial charge in [-0.1, -0.05) is 41.0 Å². The highest BCUT2D eigenvalue weighted by Gasteiger charge is 2.30. The van der Waals surface area contributed by atoms with Crippen LogP contribution in [-0.2, 0) is 16.1 Å². The predicted molar refractivity (Wildman–Crippen MR) is 90.9 cm³/mol. The fourth-order valence-electron chi connectivity index (χ4n) is 2.25. The smallest absolute Gasteiger partial charge is 0.319 e. The van der Waals surface area contributed by atoms with E-state index in [-0.39, 0.29) is 11.2 Å². The minimum Gasteiger partial charge on any atom is -0.465 e. The highest BCUT2D eigenvalue weighted by molar-refractivity contribution is 8.00. The summed E-state index contributed by atoms with van der Waals surface area (Å²) in [5, 5.41) is 9.85. The average Bonchev–Trinajstić information content (AvgIpc) is 3.08. The highest BCUT2D eigenvalue weighted by Crippen LogP contribution is 2.34. The van der Waals surface area contributed by atoms with Gasteiger partial charge in [0.1, 0.15) is 5.25 Å². The van der Waals surface area contributed by atoms with Crippen LogP contribution >= 0.6 is 35.0 Å². The molecule has 0 saturated carbocycles. The molecule has 120 valence electrons. The highest BCUT2D eigenvalue weighted by atomic mass is 35.5. The van der Waals surface area contributed by atoms with Gasteiger partial charge in [-0.05, 0) is 18.2 Å². The Labute approximate surface area is 147 Å². The minimum absolute atomic E-state index is 0.214. The quantitative estimate of drug-likeness (QED) is 0.591. The van der Waals surface area contributed by atoms with Gasteiger partial charge in [-0.3, -0.25) is 9.36 Å². The SMILES string of the molecule is C=CCn1c(S[C@@H]2CCOC2=O)nnc1-c1ccc(Cl)cc1Cl. The topological polar surface area (TPSA) is 57.0 Å². The van der Waals surface area contributed by atoms with Crippen LogP contribution in [0, 0.1) is 0 Å². The van der Waals surface area contributed by atoms with Gasteiger partial charge in [0.2, 0.25) is 0 Å². The first-order valence-corrected chi connectivity index (χ1v) is 8.56. The van der Waals surface area contributed by atoms with Crippen molar-refractivity contribution in [2.45, 2.75) is 23.4 Å². The van der Waals surface area contributed by atoms with E-state index in [4.69, 9.17) is 27.9 Å². The molecule has 0 unspecified atom stereocenters. The number of halogens is 2. The summed E-state index contributed by atoms with van der Waals surface area (Å²) < 4.78 is 6.86. The van der Waals surface area contributed by atoms with Gasteiger partial charge in [0.05, 0.1) is 11.6 Å². The summed E-state index contributed by atoms with van der Waals surface area (Å²) in [6.07, 6.45) is 2.41. The molecule has 23 heavy (non-hydrogen) atoms. The van der Waals surface area contributed by atoms with E-state index in [2.05, 4.69) is 16.8 Å². The molecule has 0 radical (unpaired) electrons. The van der Waals surface area contributed by atoms with E-state index < -0.39 is 0 Å². The molecular formula is C15H13Cl2N3O2S. The fourth-order valence-corrected chi connectivity index (χ4v) is 3.75. The van der Waals surface area contributed by atoms with E-state index in [0.29, 0.717) is 40.6 Å². The van der Waals surface area contributed by atoms with Crippen molar-refractivity contribution < 1.29 is 9.53 Å². The number of ether oxygens (including phenoxy) is 1. The zero-order chi connectivity index (χ0) is 16.4. The Bertz CT molecular complexity index is 763. The Morgan fingerprint density at radius 3 is 2.91 bits per heavy atom. The summed E-state index contributed by atoms with van der Waals surface area (Å²) in [5.74, 6) is 0.398. The monoisotopic (exact) mass is 369 g/mol. The Kier molecular flexibility index (Phi) is 4.94. The lowest BCUT2D eigenvalue weighted by Gasteiger charge is -2.10. The average molecular weight is 370 g/mol. The second-order valence-corrected chi connectivity index (χ2v) is 6.91. The molecule has 1 fully saturated rings. The first-order valence-electron chi connectivity index (χ1n) is 6.93. The minimum atomic E-state index is -0.253. The number of hydrogen-bond donors (Lipinski definition) is 0. The molecule has 5 nitrogen and oxygen atoms in total. The van der Waals surface area contributed by atoms with Crippen molar-refractivity contribution in [1.29, 1.82) is 0 Å². The summed E-state index contributed by atoms with van der Waals surface area (Å²) in [7, 11) is 0. The third-order valence-corrected chi connectivity index (χ3v) is 5.11. The maximum absolute atomic E-state index is 11.7. The molecule has 1 aliphatic heterocycles. The molecule has 1 aliphatic rings. The van der Waals surface area contributed by atoms with Gasteiger partial charge in [0.15, 0.2) is 11.0 Å². The van der Waals surface area contributed by atoms with Gasteiger partial charge in [0, 0.05) is 23.6 Å². The normalized spacial score (nSPS) is 17.3. The summed E-state index contributed by atoms with van der Waals surface area (Å²) in [5.41, 5.74) is 0.728. The number of allylic oxidation sites excluding steroid dienone is 1. The molecule has 0 N–H and O–H groups in total. The molecule has 0 amide bonds. The van der Waals surface area contributed by atoms with Crippen molar-refractivity contribution in [1.82, 2.24) is 14.8 Å². The number of hydrogen-bond acceptors (Lipinski definition) is 5. The number of rotatable bonds is 5. The van der Waals surface area contributed by atoms with E-state index >= 15 is 0 Å². The molecule has 1 aromatic carbocycles. The van der Waals surface area contributed by atoms with E-state index in [1.165, 1.54) is 11.8 Å². The molecule has 1 atom stereocenters. The molecular weight excluding hydrogens is 357 g/mol. The van der Waals surface area contributed by atoms with Gasteiger partial charge >= 0.3 is 5.97 Å². The van der Waals surface area contributed by atoms with Gasteiger partial charge in [-0.15, -0.1) is 16.8 Å². The Morgan fingerprint density at radius 1 is 1.43 bits per heavy atom. The maximum atomic E-state index is 11.7. The van der Waals surface area contributed by atoms with Crippen LogP contribution in [0.25, 0.3) is 11.4 Å². The molecule has 0 aliphatic carbocycles. The van der Waals surface area contributed by atoms with Crippen molar-refractivity contribution in [2.75, 3.05) is 6.61 Å². The van der Waals surface area contributed by atoms with Gasteiger partial charge < -0.3 is 4.74 Å². The molecule has 0 bridgehead atoms. The number of esters is 1. The molecule has 1 saturated heterocycles. The van der Waals surface area contributed by atoms with Crippen molar-refractivity contribution in [3.63, 3.8) is 0 Å². The molecule has 0 spiro atoms. The first kappa shape index (κ1) is 16.4. The zero-order valence-electron chi connectivity index (χ0n) is 12.0. The maximum Gasteiger partial charge on any atom is 0.319 e. The third kappa shape index (κ3) is 3.39. The number of carbonyl (C=O) groups excluding carboxylic acids is 1. The van der Waals surface area contributed by atoms with E-state index in [1.54, 1.807) is 24.3 Å². The molecule has 3 rings (SSSR count). The van der Waals surface area contributed by atoms with Gasteiger partial charge in [-0.25, -0.2) is 0 Å². The van der Waals surface area contributed by atoms with Crippen LogP contribution in [0.2, 0.25) is 10.0 Å². The third-order valence-electron chi connectivity index (χ3n) is 3.34. The van der Waals surface area contributed by atoms with Crippen LogP contribution in [0.15, 0.2) is 36.0 Å². The van der Waals surface area contributed by atoms with Crippen molar-refractivity contribution in [2.24, 2.45) is 0 Å². The number of carbonyl (C=O) groups is 1. The van der Waals surface area contributed by atoms with Crippen molar-refractivity contribution >= 4 is 40.9 Å². The Hall–Kier alpha value is -1.50. The number of cyclic esters (lactones) is 1. The van der Waals surface area contributed by atoms with E-state index in [9.17, 15) is 4.79 Å². The number of aromatic nitrogens is 3. The molecule has 2 aromatic rings. The van der Waals surface area contributed by atoms with Gasteiger partial charge in [0.25, 0.3) is 0 Å². The number of nitrogens with zero attached hydrogens (tertiary/aromatic N) is 3. The summed E-state index contributed by atoms with van der Waals surface area (Å²) in [4.78, 5) is 11.7. The standard InChI is InChI=1S/C15H13Cl2N3O2S/c1-2-6-20-13(10-4-3-9(16)8-11(10)17)18-19-15(20)23-12-5-7-22-14(12)21/h2-4,8,12H,1,5-7H2/t12-/m1/s1. The number of thioether (sulfide) groups is 1. The Balaban J connectivity index is 1.97. The van der Waals surface area contributed by atoms with E-state index in [1.807, 2.05) is 4.57 Å². The first-order chi connectivity index (χ1) is 11.1. The van der Waals surface area contributed by atoms with Gasteiger partial charge in [-0.2, -0.15) is 0 Å². The summed E-state index contributed by atoms with van der Waals surface area (Å²) in [6, 6.07) is 5.20. The van der Waals surface area contributed by atoms with Crippen molar-refractivity contribution in [3.8, 4) is 11.4 Å². The van der Waals surface area contributed by atoms with Crippen molar-refractivity contribution in [3.05, 3.63) is 40.9 Å². The predicted octanol–water partition coefficient (Wildman–Crippen LogP) is 3.85. The lowest BCUT2D eigenvalue weighted by Crippen LogP contribution is -2.11.